The SMILES string of the molecule is CC.CC.CC.CC1C2=CC3CC3C=C2CCC1NCCN1CCC(NC(=O)Cc2ccccc2)C1.[HH].[HH]. The van der Waals surface area contributed by atoms with E-state index in [1.807, 2.05) is 71.9 Å². The fourth-order valence-corrected chi connectivity index (χ4v) is 5.66. The quantitative estimate of drug-likeness (QED) is 0.430. The minimum Gasteiger partial charge on any atom is -0.352 e. The van der Waals surface area contributed by atoms with Crippen LogP contribution < -0.4 is 10.6 Å². The van der Waals surface area contributed by atoms with E-state index in [9.17, 15) is 4.79 Å². The Labute approximate surface area is 225 Å². The van der Waals surface area contributed by atoms with Crippen LogP contribution in [-0.2, 0) is 11.2 Å². The number of nitrogens with one attached hydrogen (secondary N) is 2. The summed E-state index contributed by atoms with van der Waals surface area (Å²) in [7, 11) is 0. The highest BCUT2D eigenvalue weighted by Gasteiger charge is 2.40. The molecule has 4 aliphatic rings. The molecule has 2 saturated carbocycles. The van der Waals surface area contributed by atoms with Gasteiger partial charge in [-0.2, -0.15) is 0 Å². The molecule has 5 unspecified atom stereocenters. The van der Waals surface area contributed by atoms with Crippen molar-refractivity contribution in [3.63, 3.8) is 0 Å². The number of hydrogen-bond donors (Lipinski definition) is 2. The van der Waals surface area contributed by atoms with Crippen molar-refractivity contribution >= 4 is 5.91 Å². The summed E-state index contributed by atoms with van der Waals surface area (Å²) >= 11 is 0. The van der Waals surface area contributed by atoms with Gasteiger partial charge in [-0.05, 0) is 60.1 Å². The monoisotopic (exact) mass is 499 g/mol. The highest BCUT2D eigenvalue weighted by Crippen LogP contribution is 2.50. The summed E-state index contributed by atoms with van der Waals surface area (Å²) in [6.07, 6.45) is 10.6. The van der Waals surface area contributed by atoms with E-state index < -0.39 is 0 Å². The molecule has 0 bridgehead atoms. The van der Waals surface area contributed by atoms with Crippen molar-refractivity contribution in [3.8, 4) is 0 Å². The maximum atomic E-state index is 12.3. The Kier molecular flexibility index (Phi) is 13.5. The third-order valence-corrected chi connectivity index (χ3v) is 7.57. The average molecular weight is 500 g/mol. The number of hydrogen-bond acceptors (Lipinski definition) is 3. The molecule has 0 spiro atoms. The fourth-order valence-electron chi connectivity index (χ4n) is 5.66. The molecule has 5 atom stereocenters. The normalized spacial score (nSPS) is 27.7. The van der Waals surface area contributed by atoms with Crippen LogP contribution >= 0.6 is 0 Å². The minimum atomic E-state index is 0. The first kappa shape index (κ1) is 30.3. The molecule has 1 aliphatic heterocycles. The summed E-state index contributed by atoms with van der Waals surface area (Å²) in [6, 6.07) is 10.9. The highest BCUT2D eigenvalue weighted by molar-refractivity contribution is 5.78. The lowest BCUT2D eigenvalue weighted by Crippen LogP contribution is -2.43. The first-order valence-electron chi connectivity index (χ1n) is 14.9. The van der Waals surface area contributed by atoms with Crippen molar-refractivity contribution < 1.29 is 7.65 Å². The largest absolute Gasteiger partial charge is 0.352 e. The smallest absolute Gasteiger partial charge is 0.224 e. The van der Waals surface area contributed by atoms with Gasteiger partial charge < -0.3 is 10.6 Å². The Morgan fingerprint density at radius 1 is 1.00 bits per heavy atom. The molecule has 1 saturated heterocycles. The van der Waals surface area contributed by atoms with Crippen molar-refractivity contribution in [1.82, 2.24) is 15.5 Å². The zero-order valence-electron chi connectivity index (χ0n) is 24.1. The lowest BCUT2D eigenvalue weighted by Gasteiger charge is -2.35. The van der Waals surface area contributed by atoms with Crippen LogP contribution in [0.15, 0.2) is 53.6 Å². The molecule has 2 N–H and O–H groups in total. The minimum absolute atomic E-state index is 0. The number of nitrogens with zero attached hydrogens (tertiary/aromatic N) is 1. The summed E-state index contributed by atoms with van der Waals surface area (Å²) in [4.78, 5) is 14.8. The molecule has 1 heterocycles. The van der Waals surface area contributed by atoms with E-state index in [1.165, 1.54) is 19.3 Å². The molecule has 36 heavy (non-hydrogen) atoms. The molecule has 4 nitrogen and oxygen atoms in total. The van der Waals surface area contributed by atoms with Crippen molar-refractivity contribution in [1.29, 1.82) is 0 Å². The third kappa shape index (κ3) is 8.59. The van der Waals surface area contributed by atoms with Gasteiger partial charge in [0.1, 0.15) is 0 Å². The Morgan fingerprint density at radius 2 is 1.69 bits per heavy atom. The zero-order chi connectivity index (χ0) is 26.5. The predicted octanol–water partition coefficient (Wildman–Crippen LogP) is 6.88. The number of fused-ring (bicyclic) bond motifs is 2. The van der Waals surface area contributed by atoms with Gasteiger partial charge in [-0.3, -0.25) is 9.69 Å². The van der Waals surface area contributed by atoms with Gasteiger partial charge in [0.15, 0.2) is 0 Å². The maximum Gasteiger partial charge on any atom is 0.224 e. The van der Waals surface area contributed by atoms with Crippen LogP contribution in [0.1, 0.15) is 82.6 Å². The van der Waals surface area contributed by atoms with Crippen LogP contribution in [0.2, 0.25) is 0 Å². The van der Waals surface area contributed by atoms with E-state index in [4.69, 9.17) is 0 Å². The molecule has 0 aromatic heterocycles. The molecule has 206 valence electrons. The molecule has 5 rings (SSSR count). The Hall–Kier alpha value is -1.91. The zero-order valence-corrected chi connectivity index (χ0v) is 24.1. The summed E-state index contributed by atoms with van der Waals surface area (Å²) < 4.78 is 0. The van der Waals surface area contributed by atoms with Gasteiger partial charge in [-0.25, -0.2) is 0 Å². The number of carbonyl (C=O) groups excluding carboxylic acids is 1. The number of allylic oxidation sites excluding steroid dienone is 3. The molecule has 1 aromatic rings. The fraction of sp³-hybridized carbons (Fsp3) is 0.656. The van der Waals surface area contributed by atoms with E-state index >= 15 is 0 Å². The molecule has 4 heteroatoms. The van der Waals surface area contributed by atoms with E-state index in [1.54, 1.807) is 11.1 Å². The van der Waals surface area contributed by atoms with Gasteiger partial charge in [0, 0.05) is 41.1 Å². The number of likely N-dealkylation sites (tertiary alicyclic amines) is 1. The van der Waals surface area contributed by atoms with Crippen molar-refractivity contribution in [3.05, 3.63) is 59.2 Å². The molecule has 3 aliphatic carbocycles. The third-order valence-electron chi connectivity index (χ3n) is 7.57. The molecule has 1 aromatic carbocycles. The molecular formula is C32H57N3O. The summed E-state index contributed by atoms with van der Waals surface area (Å²) in [5.74, 6) is 2.50. The second-order valence-corrected chi connectivity index (χ2v) is 9.78. The van der Waals surface area contributed by atoms with Gasteiger partial charge in [-0.15, -0.1) is 0 Å². The van der Waals surface area contributed by atoms with Crippen molar-refractivity contribution in [2.24, 2.45) is 17.8 Å². The number of amides is 1. The standard InChI is InChI=1S/C26H35N3O.3C2H6.2H2/c1-18-24-16-22-15-21(22)14-20(24)7-8-25(18)27-10-12-29-11-9-23(17-29)28-26(30)13-19-5-3-2-4-6-19;3*1-2;;/h2-6,14,16,18,21-23,25,27H,7-13,15,17H2,1H3,(H,28,30);3*1-2H3;2*1H. The van der Waals surface area contributed by atoms with Gasteiger partial charge >= 0.3 is 0 Å². The maximum absolute atomic E-state index is 12.3. The predicted molar refractivity (Wildman–Crippen MR) is 159 cm³/mol. The second kappa shape index (κ2) is 16.0. The van der Waals surface area contributed by atoms with Gasteiger partial charge in [-0.1, -0.05) is 91.0 Å². The van der Waals surface area contributed by atoms with E-state index in [0.717, 1.165) is 50.0 Å². The van der Waals surface area contributed by atoms with Crippen LogP contribution in [-0.4, -0.2) is 49.1 Å². The Balaban J connectivity index is 0.00000160. The van der Waals surface area contributed by atoms with E-state index in [2.05, 4.69) is 34.6 Å². The van der Waals surface area contributed by atoms with Crippen LogP contribution in [0.5, 0.6) is 0 Å². The van der Waals surface area contributed by atoms with Crippen LogP contribution in [0.25, 0.3) is 0 Å². The average Bonchev–Trinajstić information content (AvgIpc) is 3.56. The van der Waals surface area contributed by atoms with Crippen LogP contribution in [0.4, 0.5) is 0 Å². The molecule has 0 radical (unpaired) electrons. The molecule has 3 fully saturated rings. The Morgan fingerprint density at radius 3 is 2.42 bits per heavy atom. The first-order chi connectivity index (χ1) is 17.7. The van der Waals surface area contributed by atoms with Gasteiger partial charge in [0.05, 0.1) is 6.42 Å². The van der Waals surface area contributed by atoms with Gasteiger partial charge in [0.2, 0.25) is 5.91 Å². The lowest BCUT2D eigenvalue weighted by atomic mass is 9.75. The van der Waals surface area contributed by atoms with Crippen molar-refractivity contribution in [2.75, 3.05) is 26.2 Å². The number of benzene rings is 1. The topological polar surface area (TPSA) is 44.4 Å². The number of carbonyl (C=O) groups is 1. The molecule has 1 amide bonds. The highest BCUT2D eigenvalue weighted by atomic mass is 16.1. The summed E-state index contributed by atoms with van der Waals surface area (Å²) in [5.41, 5.74) is 4.37. The lowest BCUT2D eigenvalue weighted by molar-refractivity contribution is -0.121. The van der Waals surface area contributed by atoms with Crippen molar-refractivity contribution in [2.45, 2.75) is 92.7 Å². The van der Waals surface area contributed by atoms with Crippen LogP contribution in [0.3, 0.4) is 0 Å². The molecular weight excluding hydrogens is 442 g/mol. The second-order valence-electron chi connectivity index (χ2n) is 9.78. The Bertz CT molecular complexity index is 842. The summed E-state index contributed by atoms with van der Waals surface area (Å²) in [6.45, 7) is 18.6. The van der Waals surface area contributed by atoms with E-state index in [-0.39, 0.29) is 8.76 Å². The summed E-state index contributed by atoms with van der Waals surface area (Å²) in [5, 5.41) is 7.08. The first-order valence-corrected chi connectivity index (χ1v) is 14.9. The number of rotatable bonds is 7. The van der Waals surface area contributed by atoms with E-state index in [0.29, 0.717) is 24.4 Å². The van der Waals surface area contributed by atoms with Crippen LogP contribution in [0, 0.1) is 17.8 Å². The van der Waals surface area contributed by atoms with Gasteiger partial charge in [0.25, 0.3) is 0 Å².